The maximum Gasteiger partial charge on any atom is 0.229 e. The molecular weight excluding hydrogens is 351 g/mol. The van der Waals surface area contributed by atoms with E-state index in [4.69, 9.17) is 4.74 Å². The zero-order chi connectivity index (χ0) is 18.1. The molecule has 1 aliphatic rings. The molecule has 2 unspecified atom stereocenters. The Hall–Kier alpha value is -2.73. The number of nitrogens with one attached hydrogen (secondary N) is 1. The summed E-state index contributed by atoms with van der Waals surface area (Å²) < 4.78 is 18.2. The van der Waals surface area contributed by atoms with Gasteiger partial charge in [-0.05, 0) is 54.3 Å². The Kier molecular flexibility index (Phi) is 4.42. The van der Waals surface area contributed by atoms with Crippen molar-refractivity contribution < 1.29 is 13.9 Å². The van der Waals surface area contributed by atoms with Gasteiger partial charge in [-0.2, -0.15) is 0 Å². The lowest BCUT2D eigenvalue weighted by Crippen LogP contribution is -2.14. The number of carbonyl (C=O) groups excluding carboxylic acids is 1. The first kappa shape index (κ1) is 16.7. The summed E-state index contributed by atoms with van der Waals surface area (Å²) in [4.78, 5) is 16.9. The van der Waals surface area contributed by atoms with Crippen molar-refractivity contribution in [2.45, 2.75) is 12.3 Å². The standard InChI is InChI=1S/C20H17FN2O2S/c1-25-15-8-4-12(5-9-15)16-10-17(16)19(24)23-20-22-18(11-26-20)13-2-6-14(21)7-3-13/h2-9,11,16-17H,10H2,1H3,(H,22,23,24). The van der Waals surface area contributed by atoms with Crippen LogP contribution in [0.3, 0.4) is 0 Å². The molecule has 26 heavy (non-hydrogen) atoms. The van der Waals surface area contributed by atoms with Crippen LogP contribution >= 0.6 is 11.3 Å². The van der Waals surface area contributed by atoms with Crippen molar-refractivity contribution in [3.63, 3.8) is 0 Å². The van der Waals surface area contributed by atoms with Gasteiger partial charge >= 0.3 is 0 Å². The van der Waals surface area contributed by atoms with Crippen LogP contribution in [0.4, 0.5) is 9.52 Å². The fraction of sp³-hybridized carbons (Fsp3) is 0.200. The number of aromatic nitrogens is 1. The third kappa shape index (κ3) is 3.46. The number of amides is 1. The summed E-state index contributed by atoms with van der Waals surface area (Å²) in [6.45, 7) is 0. The molecule has 0 radical (unpaired) electrons. The molecular formula is C20H17FN2O2S. The SMILES string of the molecule is COc1ccc(C2CC2C(=O)Nc2nc(-c3ccc(F)cc3)cs2)cc1. The van der Waals surface area contributed by atoms with Gasteiger partial charge in [-0.1, -0.05) is 12.1 Å². The molecule has 2 aromatic carbocycles. The van der Waals surface area contributed by atoms with Gasteiger partial charge in [-0.3, -0.25) is 4.79 Å². The Morgan fingerprint density at radius 2 is 1.92 bits per heavy atom. The highest BCUT2D eigenvalue weighted by atomic mass is 32.1. The van der Waals surface area contributed by atoms with E-state index in [1.165, 1.54) is 23.5 Å². The van der Waals surface area contributed by atoms with E-state index in [1.807, 2.05) is 29.6 Å². The summed E-state index contributed by atoms with van der Waals surface area (Å²) in [7, 11) is 1.64. The number of ether oxygens (including phenoxy) is 1. The Morgan fingerprint density at radius 1 is 1.19 bits per heavy atom. The number of anilines is 1. The van der Waals surface area contributed by atoms with Crippen molar-refractivity contribution in [3.05, 3.63) is 65.3 Å². The summed E-state index contributed by atoms with van der Waals surface area (Å²) >= 11 is 1.37. The maximum absolute atomic E-state index is 13.0. The van der Waals surface area contributed by atoms with Crippen LogP contribution in [0.15, 0.2) is 53.9 Å². The molecule has 4 nitrogen and oxygen atoms in total. The molecule has 1 amide bonds. The minimum absolute atomic E-state index is 0.00850. The number of benzene rings is 2. The first-order chi connectivity index (χ1) is 12.6. The van der Waals surface area contributed by atoms with Crippen LogP contribution in [0.2, 0.25) is 0 Å². The molecule has 1 aromatic heterocycles. The molecule has 0 saturated heterocycles. The van der Waals surface area contributed by atoms with Crippen molar-refractivity contribution in [2.24, 2.45) is 5.92 Å². The Labute approximate surface area is 154 Å². The third-order valence-corrected chi connectivity index (χ3v) is 5.30. The lowest BCUT2D eigenvalue weighted by Gasteiger charge is -2.03. The molecule has 1 N–H and O–H groups in total. The number of thiazole rings is 1. The molecule has 1 aliphatic carbocycles. The van der Waals surface area contributed by atoms with E-state index >= 15 is 0 Å². The molecule has 132 valence electrons. The predicted molar refractivity (Wildman–Crippen MR) is 100.0 cm³/mol. The maximum atomic E-state index is 13.0. The van der Waals surface area contributed by atoms with Gasteiger partial charge in [-0.15, -0.1) is 11.3 Å². The third-order valence-electron chi connectivity index (χ3n) is 4.55. The quantitative estimate of drug-likeness (QED) is 0.710. The number of rotatable bonds is 5. The second-order valence-electron chi connectivity index (χ2n) is 6.26. The molecule has 6 heteroatoms. The molecule has 0 bridgehead atoms. The number of hydrogen-bond donors (Lipinski definition) is 1. The van der Waals surface area contributed by atoms with E-state index in [1.54, 1.807) is 19.2 Å². The lowest BCUT2D eigenvalue weighted by molar-refractivity contribution is -0.117. The second-order valence-corrected chi connectivity index (χ2v) is 7.11. The van der Waals surface area contributed by atoms with Crippen LogP contribution in [0, 0.1) is 11.7 Å². The van der Waals surface area contributed by atoms with Gasteiger partial charge in [0.1, 0.15) is 11.6 Å². The Balaban J connectivity index is 1.39. The van der Waals surface area contributed by atoms with E-state index in [0.717, 1.165) is 29.0 Å². The number of halogens is 1. The molecule has 1 saturated carbocycles. The molecule has 2 atom stereocenters. The number of carbonyl (C=O) groups is 1. The van der Waals surface area contributed by atoms with Crippen LogP contribution in [0.5, 0.6) is 5.75 Å². The zero-order valence-electron chi connectivity index (χ0n) is 14.1. The van der Waals surface area contributed by atoms with Crippen LogP contribution in [-0.2, 0) is 4.79 Å². The fourth-order valence-electron chi connectivity index (χ4n) is 2.99. The predicted octanol–water partition coefficient (Wildman–Crippen LogP) is 4.70. The van der Waals surface area contributed by atoms with E-state index in [9.17, 15) is 9.18 Å². The van der Waals surface area contributed by atoms with E-state index < -0.39 is 0 Å². The lowest BCUT2D eigenvalue weighted by atomic mass is 10.1. The van der Waals surface area contributed by atoms with Crippen LogP contribution < -0.4 is 10.1 Å². The van der Waals surface area contributed by atoms with Crippen molar-refractivity contribution in [1.29, 1.82) is 0 Å². The fourth-order valence-corrected chi connectivity index (χ4v) is 3.71. The minimum Gasteiger partial charge on any atom is -0.497 e. The summed E-state index contributed by atoms with van der Waals surface area (Å²) in [5.74, 6) is 0.743. The van der Waals surface area contributed by atoms with Gasteiger partial charge in [0.15, 0.2) is 5.13 Å². The second kappa shape index (κ2) is 6.88. The minimum atomic E-state index is -0.282. The van der Waals surface area contributed by atoms with Crippen LogP contribution in [-0.4, -0.2) is 18.0 Å². The van der Waals surface area contributed by atoms with E-state index in [-0.39, 0.29) is 23.6 Å². The van der Waals surface area contributed by atoms with Crippen LogP contribution in [0.25, 0.3) is 11.3 Å². The first-order valence-electron chi connectivity index (χ1n) is 8.30. The van der Waals surface area contributed by atoms with Gasteiger partial charge in [0.05, 0.1) is 12.8 Å². The highest BCUT2D eigenvalue weighted by Gasteiger charge is 2.44. The summed E-state index contributed by atoms with van der Waals surface area (Å²) in [6.07, 6.45) is 0.842. The summed E-state index contributed by atoms with van der Waals surface area (Å²) in [5.41, 5.74) is 2.70. The Bertz CT molecular complexity index is 922. The van der Waals surface area contributed by atoms with Gasteiger partial charge in [0.25, 0.3) is 0 Å². The number of hydrogen-bond acceptors (Lipinski definition) is 4. The van der Waals surface area contributed by atoms with Gasteiger partial charge in [-0.25, -0.2) is 9.37 Å². The smallest absolute Gasteiger partial charge is 0.229 e. The molecule has 4 rings (SSSR count). The van der Waals surface area contributed by atoms with E-state index in [0.29, 0.717) is 5.13 Å². The monoisotopic (exact) mass is 368 g/mol. The normalized spacial score (nSPS) is 18.4. The van der Waals surface area contributed by atoms with Crippen molar-refractivity contribution in [1.82, 2.24) is 4.98 Å². The largest absolute Gasteiger partial charge is 0.497 e. The average Bonchev–Trinajstić information content (AvgIpc) is 3.35. The van der Waals surface area contributed by atoms with Crippen molar-refractivity contribution >= 4 is 22.4 Å². The Morgan fingerprint density at radius 3 is 2.62 bits per heavy atom. The molecule has 1 fully saturated rings. The van der Waals surface area contributed by atoms with Crippen molar-refractivity contribution in [2.75, 3.05) is 12.4 Å². The topological polar surface area (TPSA) is 51.2 Å². The highest BCUT2D eigenvalue weighted by Crippen LogP contribution is 2.48. The molecule has 0 aliphatic heterocycles. The number of methoxy groups -OCH3 is 1. The average molecular weight is 368 g/mol. The molecule has 3 aromatic rings. The molecule has 1 heterocycles. The summed E-state index contributed by atoms with van der Waals surface area (Å²) in [6, 6.07) is 14.0. The highest BCUT2D eigenvalue weighted by molar-refractivity contribution is 7.14. The molecule has 0 spiro atoms. The van der Waals surface area contributed by atoms with Gasteiger partial charge in [0, 0.05) is 16.9 Å². The number of nitrogens with zero attached hydrogens (tertiary/aromatic N) is 1. The van der Waals surface area contributed by atoms with Crippen molar-refractivity contribution in [3.8, 4) is 17.0 Å². The van der Waals surface area contributed by atoms with Gasteiger partial charge < -0.3 is 10.1 Å². The first-order valence-corrected chi connectivity index (χ1v) is 9.18. The summed E-state index contributed by atoms with van der Waals surface area (Å²) in [5, 5.41) is 5.32. The zero-order valence-corrected chi connectivity index (χ0v) is 14.9. The van der Waals surface area contributed by atoms with Crippen LogP contribution in [0.1, 0.15) is 17.9 Å². The van der Waals surface area contributed by atoms with E-state index in [2.05, 4.69) is 10.3 Å². The van der Waals surface area contributed by atoms with Gasteiger partial charge in [0.2, 0.25) is 5.91 Å².